The number of nitrogens with one attached hydrogen (secondary N) is 2. The van der Waals surface area contributed by atoms with Crippen LogP contribution in [0.1, 0.15) is 25.8 Å². The van der Waals surface area contributed by atoms with E-state index in [0.29, 0.717) is 12.0 Å². The summed E-state index contributed by atoms with van der Waals surface area (Å²) in [6.45, 7) is 5.20. The van der Waals surface area contributed by atoms with Crippen molar-refractivity contribution in [2.75, 3.05) is 12.4 Å². The summed E-state index contributed by atoms with van der Waals surface area (Å²) in [7, 11) is -2.22. The van der Waals surface area contributed by atoms with Crippen LogP contribution in [0.25, 0.3) is 0 Å². The van der Waals surface area contributed by atoms with Crippen molar-refractivity contribution in [1.82, 2.24) is 4.72 Å². The fraction of sp³-hybridized carbons (Fsp3) is 0.500. The van der Waals surface area contributed by atoms with E-state index >= 15 is 0 Å². The van der Waals surface area contributed by atoms with E-state index in [-0.39, 0.29) is 22.3 Å². The molecule has 1 aromatic rings. The minimum atomic E-state index is -3.77. The first-order valence-electron chi connectivity index (χ1n) is 6.22. The van der Waals surface area contributed by atoms with E-state index in [4.69, 9.17) is 0 Å². The minimum absolute atomic E-state index is 0.0662. The van der Waals surface area contributed by atoms with E-state index in [1.807, 2.05) is 6.92 Å². The molecule has 0 saturated carbocycles. The van der Waals surface area contributed by atoms with Crippen LogP contribution in [0.5, 0.6) is 0 Å². The SMILES string of the molecule is CCC(C)NS(=O)(=O)c1cc([N+](=O)[O-])c(NC)cc1C. The number of sulfonamides is 1. The van der Waals surface area contributed by atoms with Gasteiger partial charge in [0.15, 0.2) is 0 Å². The van der Waals surface area contributed by atoms with Gasteiger partial charge in [0.05, 0.1) is 9.82 Å². The number of nitrogens with zero attached hydrogens (tertiary/aromatic N) is 1. The van der Waals surface area contributed by atoms with Crippen LogP contribution < -0.4 is 10.0 Å². The van der Waals surface area contributed by atoms with E-state index in [2.05, 4.69) is 10.0 Å². The molecular formula is C12H19N3O4S. The fourth-order valence-corrected chi connectivity index (χ4v) is 3.30. The quantitative estimate of drug-likeness (QED) is 0.618. The molecule has 0 bridgehead atoms. The van der Waals surface area contributed by atoms with Gasteiger partial charge in [-0.25, -0.2) is 13.1 Å². The second-order valence-corrected chi connectivity index (χ2v) is 6.25. The van der Waals surface area contributed by atoms with Crippen LogP contribution in [0.3, 0.4) is 0 Å². The maximum Gasteiger partial charge on any atom is 0.293 e. The zero-order valence-electron chi connectivity index (χ0n) is 11.9. The Morgan fingerprint density at radius 2 is 2.00 bits per heavy atom. The van der Waals surface area contributed by atoms with Crippen LogP contribution in [0, 0.1) is 17.0 Å². The molecule has 0 aliphatic carbocycles. The Kier molecular flexibility index (Phi) is 5.07. The lowest BCUT2D eigenvalue weighted by atomic mass is 10.2. The maximum atomic E-state index is 12.2. The molecule has 8 heteroatoms. The monoisotopic (exact) mass is 301 g/mol. The van der Waals surface area contributed by atoms with Crippen molar-refractivity contribution >= 4 is 21.4 Å². The third-order valence-electron chi connectivity index (χ3n) is 3.02. The number of hydrogen-bond acceptors (Lipinski definition) is 5. The standard InChI is InChI=1S/C12H19N3O4S/c1-5-9(3)14-20(18,19)12-7-11(15(16)17)10(13-4)6-8(12)2/h6-7,9,13-14H,5H2,1-4H3. The van der Waals surface area contributed by atoms with Crippen molar-refractivity contribution in [2.24, 2.45) is 0 Å². The Balaban J connectivity index is 3.39. The van der Waals surface area contributed by atoms with Gasteiger partial charge in [0.1, 0.15) is 5.69 Å². The van der Waals surface area contributed by atoms with E-state index in [0.717, 1.165) is 6.07 Å². The van der Waals surface area contributed by atoms with Gasteiger partial charge in [0.2, 0.25) is 10.0 Å². The lowest BCUT2D eigenvalue weighted by Crippen LogP contribution is -2.32. The molecule has 0 aromatic heterocycles. The van der Waals surface area contributed by atoms with Crippen LogP contribution in [-0.2, 0) is 10.0 Å². The molecule has 0 fully saturated rings. The minimum Gasteiger partial charge on any atom is -0.383 e. The molecule has 0 aliphatic heterocycles. The first-order valence-corrected chi connectivity index (χ1v) is 7.70. The molecule has 0 spiro atoms. The number of aryl methyl sites for hydroxylation is 1. The largest absolute Gasteiger partial charge is 0.383 e. The molecule has 0 radical (unpaired) electrons. The van der Waals surface area contributed by atoms with Gasteiger partial charge in [-0.1, -0.05) is 6.92 Å². The van der Waals surface area contributed by atoms with Crippen molar-refractivity contribution in [3.05, 3.63) is 27.8 Å². The zero-order valence-corrected chi connectivity index (χ0v) is 12.7. The lowest BCUT2D eigenvalue weighted by Gasteiger charge is -2.14. The summed E-state index contributed by atoms with van der Waals surface area (Å²) in [5.74, 6) is 0. The van der Waals surface area contributed by atoms with Gasteiger partial charge in [-0.3, -0.25) is 10.1 Å². The highest BCUT2D eigenvalue weighted by Gasteiger charge is 2.24. The molecule has 0 amide bonds. The summed E-state index contributed by atoms with van der Waals surface area (Å²) in [6.07, 6.45) is 0.634. The molecule has 1 aromatic carbocycles. The van der Waals surface area contributed by atoms with Crippen LogP contribution in [0.4, 0.5) is 11.4 Å². The smallest absolute Gasteiger partial charge is 0.293 e. The Morgan fingerprint density at radius 3 is 2.45 bits per heavy atom. The van der Waals surface area contributed by atoms with Crippen LogP contribution in [0.2, 0.25) is 0 Å². The molecule has 112 valence electrons. The summed E-state index contributed by atoms with van der Waals surface area (Å²) < 4.78 is 27.0. The summed E-state index contributed by atoms with van der Waals surface area (Å²) in [5, 5.41) is 13.7. The number of benzene rings is 1. The first kappa shape index (κ1) is 16.4. The van der Waals surface area contributed by atoms with Gasteiger partial charge in [-0.05, 0) is 31.9 Å². The summed E-state index contributed by atoms with van der Waals surface area (Å²) in [6, 6.07) is 2.32. The van der Waals surface area contributed by atoms with Gasteiger partial charge < -0.3 is 5.32 Å². The highest BCUT2D eigenvalue weighted by molar-refractivity contribution is 7.89. The van der Waals surface area contributed by atoms with Gasteiger partial charge in [-0.15, -0.1) is 0 Å². The van der Waals surface area contributed by atoms with Crippen molar-refractivity contribution in [2.45, 2.75) is 38.1 Å². The van der Waals surface area contributed by atoms with Crippen LogP contribution in [0.15, 0.2) is 17.0 Å². The Hall–Kier alpha value is -1.67. The topological polar surface area (TPSA) is 101 Å². The maximum absolute atomic E-state index is 12.2. The van der Waals surface area contributed by atoms with Crippen molar-refractivity contribution in [3.63, 3.8) is 0 Å². The van der Waals surface area contributed by atoms with E-state index in [9.17, 15) is 18.5 Å². The van der Waals surface area contributed by atoms with Crippen molar-refractivity contribution in [1.29, 1.82) is 0 Å². The number of nitro groups is 1. The molecule has 0 aliphatic rings. The third kappa shape index (κ3) is 3.45. The van der Waals surface area contributed by atoms with E-state index in [1.165, 1.54) is 6.07 Å². The van der Waals surface area contributed by atoms with E-state index < -0.39 is 14.9 Å². The molecule has 1 unspecified atom stereocenters. The van der Waals surface area contributed by atoms with Crippen molar-refractivity contribution in [3.8, 4) is 0 Å². The highest BCUT2D eigenvalue weighted by atomic mass is 32.2. The second kappa shape index (κ2) is 6.19. The van der Waals surface area contributed by atoms with Crippen molar-refractivity contribution < 1.29 is 13.3 Å². The van der Waals surface area contributed by atoms with Gasteiger partial charge >= 0.3 is 0 Å². The summed E-state index contributed by atoms with van der Waals surface area (Å²) >= 11 is 0. The Labute approximate surface area is 118 Å². The molecule has 20 heavy (non-hydrogen) atoms. The number of hydrogen-bond donors (Lipinski definition) is 2. The predicted octanol–water partition coefficient (Wildman–Crippen LogP) is 2.02. The normalized spacial score (nSPS) is 13.0. The van der Waals surface area contributed by atoms with Crippen LogP contribution in [-0.4, -0.2) is 26.4 Å². The third-order valence-corrected chi connectivity index (χ3v) is 4.75. The number of anilines is 1. The fourth-order valence-electron chi connectivity index (χ4n) is 1.73. The predicted molar refractivity (Wildman–Crippen MR) is 77.5 cm³/mol. The Morgan fingerprint density at radius 1 is 1.40 bits per heavy atom. The van der Waals surface area contributed by atoms with Gasteiger partial charge in [0, 0.05) is 19.2 Å². The van der Waals surface area contributed by atoms with Gasteiger partial charge in [0.25, 0.3) is 5.69 Å². The Bertz CT molecular complexity index is 613. The molecule has 7 nitrogen and oxygen atoms in total. The average Bonchev–Trinajstić information content (AvgIpc) is 2.36. The molecule has 2 N–H and O–H groups in total. The summed E-state index contributed by atoms with van der Waals surface area (Å²) in [4.78, 5) is 10.3. The van der Waals surface area contributed by atoms with Gasteiger partial charge in [-0.2, -0.15) is 0 Å². The lowest BCUT2D eigenvalue weighted by molar-refractivity contribution is -0.384. The summed E-state index contributed by atoms with van der Waals surface area (Å²) in [5.41, 5.74) is 0.480. The van der Waals surface area contributed by atoms with Crippen LogP contribution >= 0.6 is 0 Å². The average molecular weight is 301 g/mol. The zero-order chi connectivity index (χ0) is 15.5. The van der Waals surface area contributed by atoms with E-state index in [1.54, 1.807) is 20.9 Å². The molecular weight excluding hydrogens is 282 g/mol. The first-order chi connectivity index (χ1) is 9.22. The molecule has 1 atom stereocenters. The number of nitro benzene ring substituents is 1. The second-order valence-electron chi connectivity index (χ2n) is 4.57. The molecule has 1 rings (SSSR count). The molecule has 0 heterocycles. The highest BCUT2D eigenvalue weighted by Crippen LogP contribution is 2.30. The molecule has 0 saturated heterocycles. The number of rotatable bonds is 6.